The van der Waals surface area contributed by atoms with Gasteiger partial charge in [-0.15, -0.1) is 0 Å². The lowest BCUT2D eigenvalue weighted by atomic mass is 10.0. The van der Waals surface area contributed by atoms with Crippen LogP contribution in [0.5, 0.6) is 0 Å². The Labute approximate surface area is 174 Å². The molecule has 0 bridgehead atoms. The maximum absolute atomic E-state index is 13.4. The SMILES string of the molecule is O=C(Cc1ccccc1)Nc1onc(-c2ccc(F)cc2)c1-c1ncccc1Br. The summed E-state index contributed by atoms with van der Waals surface area (Å²) in [5.41, 5.74) is 3.06. The second-order valence-corrected chi connectivity index (χ2v) is 7.14. The fourth-order valence-corrected chi connectivity index (χ4v) is 3.37. The summed E-state index contributed by atoms with van der Waals surface area (Å²) in [5, 5.41) is 6.90. The van der Waals surface area contributed by atoms with Gasteiger partial charge in [-0.3, -0.25) is 15.1 Å². The summed E-state index contributed by atoms with van der Waals surface area (Å²) in [6.45, 7) is 0. The molecule has 7 heteroatoms. The lowest BCUT2D eigenvalue weighted by Gasteiger charge is -2.07. The van der Waals surface area contributed by atoms with E-state index in [1.807, 2.05) is 36.4 Å². The minimum absolute atomic E-state index is 0.185. The van der Waals surface area contributed by atoms with Crippen LogP contribution in [0.25, 0.3) is 22.5 Å². The molecule has 1 N–H and O–H groups in total. The highest BCUT2D eigenvalue weighted by atomic mass is 79.9. The average Bonchev–Trinajstić information content (AvgIpc) is 3.12. The zero-order valence-corrected chi connectivity index (χ0v) is 16.7. The summed E-state index contributed by atoms with van der Waals surface area (Å²) in [4.78, 5) is 17.0. The van der Waals surface area contributed by atoms with Crippen LogP contribution < -0.4 is 5.32 Å². The predicted octanol–water partition coefficient (Wildman–Crippen LogP) is 5.49. The number of hydrogen-bond donors (Lipinski definition) is 1. The van der Waals surface area contributed by atoms with E-state index in [0.717, 1.165) is 5.56 Å². The normalized spacial score (nSPS) is 10.7. The Hall–Kier alpha value is -3.32. The number of anilines is 1. The standard InChI is InChI=1S/C22H15BrFN3O2/c23-17-7-4-12-25-21(17)19-20(15-8-10-16(24)11-9-15)27-29-22(19)26-18(28)13-14-5-2-1-3-6-14/h1-12H,13H2,(H,26,28). The van der Waals surface area contributed by atoms with E-state index in [4.69, 9.17) is 4.52 Å². The average molecular weight is 452 g/mol. The van der Waals surface area contributed by atoms with Crippen LogP contribution in [0.2, 0.25) is 0 Å². The van der Waals surface area contributed by atoms with Gasteiger partial charge in [0.05, 0.1) is 17.7 Å². The number of aromatic nitrogens is 2. The van der Waals surface area contributed by atoms with Crippen molar-refractivity contribution in [3.05, 3.63) is 88.8 Å². The minimum atomic E-state index is -0.353. The van der Waals surface area contributed by atoms with Crippen LogP contribution in [-0.4, -0.2) is 16.0 Å². The molecular weight excluding hydrogens is 437 g/mol. The summed E-state index contributed by atoms with van der Waals surface area (Å²) in [6, 6.07) is 18.9. The van der Waals surface area contributed by atoms with Gasteiger partial charge in [-0.2, -0.15) is 0 Å². The Balaban J connectivity index is 1.73. The minimum Gasteiger partial charge on any atom is -0.337 e. The van der Waals surface area contributed by atoms with E-state index < -0.39 is 0 Å². The van der Waals surface area contributed by atoms with Gasteiger partial charge in [-0.05, 0) is 57.9 Å². The Morgan fingerprint density at radius 2 is 1.76 bits per heavy atom. The maximum atomic E-state index is 13.4. The highest BCUT2D eigenvalue weighted by Crippen LogP contribution is 2.39. The van der Waals surface area contributed by atoms with E-state index in [1.54, 1.807) is 24.4 Å². The number of rotatable bonds is 5. The van der Waals surface area contributed by atoms with Gasteiger partial charge in [-0.1, -0.05) is 35.5 Å². The van der Waals surface area contributed by atoms with Gasteiger partial charge < -0.3 is 4.52 Å². The second-order valence-electron chi connectivity index (χ2n) is 6.29. The molecule has 0 saturated heterocycles. The molecule has 0 radical (unpaired) electrons. The lowest BCUT2D eigenvalue weighted by molar-refractivity contribution is -0.115. The third kappa shape index (κ3) is 4.25. The fourth-order valence-electron chi connectivity index (χ4n) is 2.92. The van der Waals surface area contributed by atoms with Crippen LogP contribution in [0, 0.1) is 5.82 Å². The molecule has 0 aliphatic heterocycles. The summed E-state index contributed by atoms with van der Waals surface area (Å²) < 4.78 is 19.5. The quantitative estimate of drug-likeness (QED) is 0.435. The van der Waals surface area contributed by atoms with Crippen LogP contribution in [0.4, 0.5) is 10.3 Å². The number of amides is 1. The molecule has 2 aromatic heterocycles. The molecule has 0 atom stereocenters. The van der Waals surface area contributed by atoms with E-state index in [9.17, 15) is 9.18 Å². The van der Waals surface area contributed by atoms with Crippen molar-refractivity contribution in [2.24, 2.45) is 0 Å². The first-order valence-corrected chi connectivity index (χ1v) is 9.61. The number of nitrogens with zero attached hydrogens (tertiary/aromatic N) is 2. The molecule has 0 aliphatic carbocycles. The van der Waals surface area contributed by atoms with Gasteiger partial charge >= 0.3 is 0 Å². The van der Waals surface area contributed by atoms with Gasteiger partial charge in [0.2, 0.25) is 11.8 Å². The molecule has 0 unspecified atom stereocenters. The molecular formula is C22H15BrFN3O2. The number of benzene rings is 2. The summed E-state index contributed by atoms with van der Waals surface area (Å²) >= 11 is 3.49. The van der Waals surface area contributed by atoms with E-state index in [2.05, 4.69) is 31.4 Å². The van der Waals surface area contributed by atoms with Gasteiger partial charge in [-0.25, -0.2) is 4.39 Å². The van der Waals surface area contributed by atoms with E-state index in [0.29, 0.717) is 27.0 Å². The maximum Gasteiger partial charge on any atom is 0.241 e. The monoisotopic (exact) mass is 451 g/mol. The van der Waals surface area contributed by atoms with Crippen LogP contribution in [0.1, 0.15) is 5.56 Å². The lowest BCUT2D eigenvalue weighted by Crippen LogP contribution is -2.14. The zero-order chi connectivity index (χ0) is 20.2. The van der Waals surface area contributed by atoms with Crippen LogP contribution in [0.3, 0.4) is 0 Å². The van der Waals surface area contributed by atoms with Gasteiger partial charge in [0.15, 0.2) is 0 Å². The van der Waals surface area contributed by atoms with Crippen molar-refractivity contribution < 1.29 is 13.7 Å². The fraction of sp³-hybridized carbons (Fsp3) is 0.0455. The zero-order valence-electron chi connectivity index (χ0n) is 15.1. The summed E-state index contributed by atoms with van der Waals surface area (Å²) in [5.74, 6) is -0.412. The number of halogens is 2. The second kappa shape index (κ2) is 8.36. The summed E-state index contributed by atoms with van der Waals surface area (Å²) in [7, 11) is 0. The van der Waals surface area contributed by atoms with Crippen molar-refractivity contribution in [2.45, 2.75) is 6.42 Å². The third-order valence-corrected chi connectivity index (χ3v) is 4.91. The molecule has 0 fully saturated rings. The number of carbonyl (C=O) groups excluding carboxylic acids is 1. The number of hydrogen-bond acceptors (Lipinski definition) is 4. The Bertz CT molecular complexity index is 1140. The molecule has 1 amide bonds. The molecule has 2 heterocycles. The van der Waals surface area contributed by atoms with Gasteiger partial charge in [0.25, 0.3) is 0 Å². The van der Waals surface area contributed by atoms with E-state index in [1.165, 1.54) is 12.1 Å². The Kier molecular flexibility index (Phi) is 5.48. The van der Waals surface area contributed by atoms with E-state index in [-0.39, 0.29) is 24.0 Å². The van der Waals surface area contributed by atoms with Crippen molar-refractivity contribution in [1.82, 2.24) is 10.1 Å². The number of nitrogens with one attached hydrogen (secondary N) is 1. The number of carbonyl (C=O) groups is 1. The first-order valence-electron chi connectivity index (χ1n) is 8.82. The van der Waals surface area contributed by atoms with Crippen molar-refractivity contribution in [3.63, 3.8) is 0 Å². The van der Waals surface area contributed by atoms with Crippen LogP contribution in [-0.2, 0) is 11.2 Å². The van der Waals surface area contributed by atoms with Crippen molar-refractivity contribution in [3.8, 4) is 22.5 Å². The van der Waals surface area contributed by atoms with Crippen LogP contribution in [0.15, 0.2) is 81.9 Å². The molecule has 0 saturated carbocycles. The van der Waals surface area contributed by atoms with Crippen molar-refractivity contribution in [1.29, 1.82) is 0 Å². The molecule has 0 spiro atoms. The largest absolute Gasteiger partial charge is 0.337 e. The van der Waals surface area contributed by atoms with Gasteiger partial charge in [0.1, 0.15) is 11.5 Å². The third-order valence-electron chi connectivity index (χ3n) is 4.27. The molecule has 29 heavy (non-hydrogen) atoms. The van der Waals surface area contributed by atoms with Gasteiger partial charge in [0, 0.05) is 16.2 Å². The van der Waals surface area contributed by atoms with Crippen LogP contribution >= 0.6 is 15.9 Å². The summed E-state index contributed by atoms with van der Waals surface area (Å²) in [6.07, 6.45) is 1.83. The van der Waals surface area contributed by atoms with Crippen molar-refractivity contribution >= 4 is 27.7 Å². The molecule has 144 valence electrons. The molecule has 4 rings (SSSR count). The topological polar surface area (TPSA) is 68.0 Å². The molecule has 2 aromatic carbocycles. The smallest absolute Gasteiger partial charge is 0.241 e. The first-order chi connectivity index (χ1) is 14.1. The highest BCUT2D eigenvalue weighted by molar-refractivity contribution is 9.10. The Morgan fingerprint density at radius 1 is 1.00 bits per heavy atom. The number of pyridine rings is 1. The molecule has 5 nitrogen and oxygen atoms in total. The van der Waals surface area contributed by atoms with E-state index >= 15 is 0 Å². The first kappa shape index (κ1) is 19.0. The Morgan fingerprint density at radius 3 is 2.48 bits per heavy atom. The molecule has 4 aromatic rings. The highest BCUT2D eigenvalue weighted by Gasteiger charge is 2.23. The van der Waals surface area contributed by atoms with Crippen molar-refractivity contribution in [2.75, 3.05) is 5.32 Å². The predicted molar refractivity (Wildman–Crippen MR) is 112 cm³/mol. The molecule has 0 aliphatic rings.